The molecule has 0 aliphatic heterocycles. The van der Waals surface area contributed by atoms with E-state index in [4.69, 9.17) is 16.3 Å². The fourth-order valence-corrected chi connectivity index (χ4v) is 2.77. The molecule has 1 heterocycles. The summed E-state index contributed by atoms with van der Waals surface area (Å²) in [4.78, 5) is 29.5. The van der Waals surface area contributed by atoms with Crippen LogP contribution in [0.2, 0.25) is 5.15 Å². The van der Waals surface area contributed by atoms with Gasteiger partial charge in [0.15, 0.2) is 0 Å². The average Bonchev–Trinajstić information content (AvgIpc) is 2.71. The average molecular weight is 397 g/mol. The molecule has 0 saturated carbocycles. The van der Waals surface area contributed by atoms with Crippen LogP contribution < -0.4 is 4.90 Å². The van der Waals surface area contributed by atoms with Crippen molar-refractivity contribution in [2.75, 3.05) is 4.90 Å². The van der Waals surface area contributed by atoms with Gasteiger partial charge in [-0.3, -0.25) is 4.90 Å². The number of carbonyl (C=O) groups is 2. The standard InChI is InChI=1S/C21H17ClN2O4/c22-19-11-18(17(12-23-19)20(25)26)24(13-15-7-3-1-4-8-15)21(27)28-14-16-9-5-2-6-10-16/h1-12H,13-14H2,(H,25,26). The number of carboxylic acid groups (broad SMARTS) is 1. The molecule has 3 aromatic rings. The van der Waals surface area contributed by atoms with Gasteiger partial charge in [0.1, 0.15) is 17.3 Å². The number of benzene rings is 2. The minimum atomic E-state index is -1.21. The molecule has 6 nitrogen and oxygen atoms in total. The number of anilines is 1. The molecule has 0 atom stereocenters. The first-order valence-electron chi connectivity index (χ1n) is 8.45. The number of aromatic nitrogens is 1. The first kappa shape index (κ1) is 19.4. The van der Waals surface area contributed by atoms with Crippen molar-refractivity contribution in [2.24, 2.45) is 0 Å². The number of hydrogen-bond donors (Lipinski definition) is 1. The number of carbonyl (C=O) groups excluding carboxylic acids is 1. The number of aromatic carboxylic acids is 1. The van der Waals surface area contributed by atoms with E-state index in [1.54, 1.807) is 0 Å². The zero-order valence-electron chi connectivity index (χ0n) is 14.8. The number of hydrogen-bond acceptors (Lipinski definition) is 4. The molecule has 0 saturated heterocycles. The highest BCUT2D eigenvalue weighted by Crippen LogP contribution is 2.26. The lowest BCUT2D eigenvalue weighted by atomic mass is 10.1. The van der Waals surface area contributed by atoms with E-state index in [0.717, 1.165) is 17.3 Å². The van der Waals surface area contributed by atoms with Crippen LogP contribution >= 0.6 is 11.6 Å². The molecular formula is C21H17ClN2O4. The summed E-state index contributed by atoms with van der Waals surface area (Å²) < 4.78 is 5.42. The van der Waals surface area contributed by atoms with E-state index in [1.807, 2.05) is 60.7 Å². The van der Waals surface area contributed by atoms with Crippen molar-refractivity contribution in [3.8, 4) is 0 Å². The number of amides is 1. The van der Waals surface area contributed by atoms with Crippen LogP contribution in [0.4, 0.5) is 10.5 Å². The number of halogens is 1. The summed E-state index contributed by atoms with van der Waals surface area (Å²) >= 11 is 5.96. The Bertz CT molecular complexity index is 965. The number of rotatable bonds is 6. The highest BCUT2D eigenvalue weighted by Gasteiger charge is 2.24. The lowest BCUT2D eigenvalue weighted by molar-refractivity contribution is 0.0697. The highest BCUT2D eigenvalue weighted by atomic mass is 35.5. The number of carboxylic acids is 1. The predicted molar refractivity (Wildman–Crippen MR) is 105 cm³/mol. The monoisotopic (exact) mass is 396 g/mol. The van der Waals surface area contributed by atoms with Gasteiger partial charge in [-0.05, 0) is 11.1 Å². The molecule has 0 radical (unpaired) electrons. The van der Waals surface area contributed by atoms with Gasteiger partial charge in [-0.25, -0.2) is 14.6 Å². The third kappa shape index (κ3) is 4.86. The lowest BCUT2D eigenvalue weighted by Gasteiger charge is -2.24. The smallest absolute Gasteiger partial charge is 0.414 e. The maximum Gasteiger partial charge on any atom is 0.414 e. The minimum Gasteiger partial charge on any atom is -0.478 e. The Morgan fingerprint density at radius 3 is 2.21 bits per heavy atom. The molecule has 0 bridgehead atoms. The fourth-order valence-electron chi connectivity index (χ4n) is 2.62. The van der Waals surface area contributed by atoms with Gasteiger partial charge in [0.25, 0.3) is 0 Å². The lowest BCUT2D eigenvalue weighted by Crippen LogP contribution is -2.32. The normalized spacial score (nSPS) is 10.3. The summed E-state index contributed by atoms with van der Waals surface area (Å²) in [7, 11) is 0. The van der Waals surface area contributed by atoms with Crippen molar-refractivity contribution in [1.82, 2.24) is 4.98 Å². The summed E-state index contributed by atoms with van der Waals surface area (Å²) in [6.07, 6.45) is 0.445. The molecule has 1 aromatic heterocycles. The van der Waals surface area contributed by atoms with Crippen LogP contribution in [0.1, 0.15) is 21.5 Å². The molecule has 0 fully saturated rings. The van der Waals surface area contributed by atoms with E-state index in [2.05, 4.69) is 4.98 Å². The largest absolute Gasteiger partial charge is 0.478 e. The van der Waals surface area contributed by atoms with Crippen molar-refractivity contribution in [1.29, 1.82) is 0 Å². The number of pyridine rings is 1. The molecule has 0 spiro atoms. The van der Waals surface area contributed by atoms with Gasteiger partial charge in [0.05, 0.1) is 12.2 Å². The van der Waals surface area contributed by atoms with Gasteiger partial charge in [-0.2, -0.15) is 0 Å². The third-order valence-electron chi connectivity index (χ3n) is 3.98. The van der Waals surface area contributed by atoms with Crippen molar-refractivity contribution < 1.29 is 19.4 Å². The Morgan fingerprint density at radius 1 is 1.00 bits per heavy atom. The van der Waals surface area contributed by atoms with Crippen LogP contribution in [-0.4, -0.2) is 22.2 Å². The molecule has 0 aliphatic rings. The molecular weight excluding hydrogens is 380 g/mol. The van der Waals surface area contributed by atoms with Crippen LogP contribution in [0.25, 0.3) is 0 Å². The van der Waals surface area contributed by atoms with E-state index >= 15 is 0 Å². The Labute approximate surface area is 167 Å². The summed E-state index contributed by atoms with van der Waals surface area (Å²) in [6.45, 7) is 0.182. The molecule has 7 heteroatoms. The second-order valence-electron chi connectivity index (χ2n) is 5.94. The van der Waals surface area contributed by atoms with E-state index in [1.165, 1.54) is 11.0 Å². The van der Waals surface area contributed by atoms with Crippen LogP contribution in [-0.2, 0) is 17.9 Å². The van der Waals surface area contributed by atoms with Crippen molar-refractivity contribution >= 4 is 29.4 Å². The molecule has 142 valence electrons. The molecule has 0 unspecified atom stereocenters. The Hall–Kier alpha value is -3.38. The Balaban J connectivity index is 1.92. The maximum absolute atomic E-state index is 12.9. The zero-order chi connectivity index (χ0) is 19.9. The molecule has 0 aliphatic carbocycles. The van der Waals surface area contributed by atoms with E-state index in [9.17, 15) is 14.7 Å². The molecule has 1 N–H and O–H groups in total. The van der Waals surface area contributed by atoms with Crippen molar-refractivity contribution in [3.05, 3.63) is 94.8 Å². The summed E-state index contributed by atoms with van der Waals surface area (Å²) in [5.41, 5.74) is 1.61. The van der Waals surface area contributed by atoms with E-state index < -0.39 is 12.1 Å². The quantitative estimate of drug-likeness (QED) is 0.607. The molecule has 28 heavy (non-hydrogen) atoms. The number of nitrogens with zero attached hydrogens (tertiary/aromatic N) is 2. The second-order valence-corrected chi connectivity index (χ2v) is 6.33. The summed E-state index contributed by atoms with van der Waals surface area (Å²) in [5, 5.41) is 9.58. The molecule has 2 aromatic carbocycles. The van der Waals surface area contributed by atoms with Gasteiger partial charge < -0.3 is 9.84 Å². The van der Waals surface area contributed by atoms with Gasteiger partial charge in [-0.1, -0.05) is 72.3 Å². The molecule has 3 rings (SSSR count). The second kappa shape index (κ2) is 9.01. The van der Waals surface area contributed by atoms with Crippen molar-refractivity contribution in [3.63, 3.8) is 0 Å². The van der Waals surface area contributed by atoms with Crippen LogP contribution in [0, 0.1) is 0 Å². The molecule has 1 amide bonds. The van der Waals surface area contributed by atoms with Gasteiger partial charge in [0.2, 0.25) is 0 Å². The topological polar surface area (TPSA) is 79.7 Å². The zero-order valence-corrected chi connectivity index (χ0v) is 15.5. The first-order valence-corrected chi connectivity index (χ1v) is 8.83. The minimum absolute atomic E-state index is 0.0617. The third-order valence-corrected chi connectivity index (χ3v) is 4.19. The van der Waals surface area contributed by atoms with E-state index in [0.29, 0.717) is 0 Å². The predicted octanol–water partition coefficient (Wildman–Crippen LogP) is 4.78. The summed E-state index contributed by atoms with van der Waals surface area (Å²) in [6, 6.07) is 19.8. The SMILES string of the molecule is O=C(O)c1cnc(Cl)cc1N(Cc1ccccc1)C(=O)OCc1ccccc1. The summed E-state index contributed by atoms with van der Waals surface area (Å²) in [5.74, 6) is -1.21. The van der Waals surface area contributed by atoms with Gasteiger partial charge in [0, 0.05) is 12.3 Å². The highest BCUT2D eigenvalue weighted by molar-refractivity contribution is 6.29. The van der Waals surface area contributed by atoms with Gasteiger partial charge >= 0.3 is 12.1 Å². The van der Waals surface area contributed by atoms with E-state index in [-0.39, 0.29) is 29.6 Å². The fraction of sp³-hybridized carbons (Fsp3) is 0.0952. The Morgan fingerprint density at radius 2 is 1.61 bits per heavy atom. The Kier molecular flexibility index (Phi) is 6.24. The first-order chi connectivity index (χ1) is 13.5. The maximum atomic E-state index is 12.9. The van der Waals surface area contributed by atoms with Crippen LogP contribution in [0.3, 0.4) is 0 Å². The van der Waals surface area contributed by atoms with Crippen molar-refractivity contribution in [2.45, 2.75) is 13.2 Å². The van der Waals surface area contributed by atoms with Gasteiger partial charge in [-0.15, -0.1) is 0 Å². The van der Waals surface area contributed by atoms with Crippen LogP contribution in [0.5, 0.6) is 0 Å². The van der Waals surface area contributed by atoms with Crippen LogP contribution in [0.15, 0.2) is 72.9 Å². The number of ether oxygens (including phenoxy) is 1.